The molecule has 0 spiro atoms. The summed E-state index contributed by atoms with van der Waals surface area (Å²) in [5.74, 6) is -0.0259. The van der Waals surface area contributed by atoms with Crippen molar-refractivity contribution in [2.75, 3.05) is 23.4 Å². The second-order valence-electron chi connectivity index (χ2n) is 10.4. The van der Waals surface area contributed by atoms with Crippen LogP contribution in [0.5, 0.6) is 0 Å². The van der Waals surface area contributed by atoms with E-state index in [9.17, 15) is 22.7 Å². The number of rotatable bonds is 7. The summed E-state index contributed by atoms with van der Waals surface area (Å²) in [5, 5.41) is 17.0. The number of nitrogens with one attached hydrogen (secondary N) is 2. The normalized spacial score (nSPS) is 24.8. The molecule has 3 aromatic rings. The van der Waals surface area contributed by atoms with Crippen LogP contribution in [-0.4, -0.2) is 57.4 Å². The van der Waals surface area contributed by atoms with E-state index in [1.54, 1.807) is 17.9 Å². The summed E-state index contributed by atoms with van der Waals surface area (Å²) in [5.41, 5.74) is 0.616. The van der Waals surface area contributed by atoms with Gasteiger partial charge >= 0.3 is 0 Å². The highest BCUT2D eigenvalue weighted by Crippen LogP contribution is 2.54. The Bertz CT molecular complexity index is 1470. The average molecular weight is 563 g/mol. The van der Waals surface area contributed by atoms with Crippen LogP contribution in [0.4, 0.5) is 16.0 Å². The number of hydrogen-bond acceptors (Lipinski definition) is 8. The number of aromatic nitrogens is 4. The first-order chi connectivity index (χ1) is 17.9. The summed E-state index contributed by atoms with van der Waals surface area (Å²) >= 11 is 5.85. The molecule has 2 atom stereocenters. The van der Waals surface area contributed by atoms with E-state index in [0.29, 0.717) is 29.9 Å². The van der Waals surface area contributed by atoms with Gasteiger partial charge in [0.05, 0.1) is 35.0 Å². The molecule has 2 unspecified atom stereocenters. The second-order valence-corrected chi connectivity index (χ2v) is 12.8. The maximum atomic E-state index is 13.5. The van der Waals surface area contributed by atoms with E-state index in [1.165, 1.54) is 30.6 Å². The number of anilines is 2. The number of halogens is 2. The van der Waals surface area contributed by atoms with Gasteiger partial charge in [-0.15, -0.1) is 0 Å². The van der Waals surface area contributed by atoms with Crippen LogP contribution < -0.4 is 10.6 Å². The minimum absolute atomic E-state index is 0.0345. The Kier molecular flexibility index (Phi) is 6.91. The number of sulfone groups is 1. The molecule has 1 aromatic carbocycles. The Morgan fingerprint density at radius 1 is 1.21 bits per heavy atom. The number of fused-ring (bicyclic) bond motifs is 1. The molecular formula is C25H28ClFN6O4S. The zero-order chi connectivity index (χ0) is 27.2. The monoisotopic (exact) mass is 562 g/mol. The van der Waals surface area contributed by atoms with Gasteiger partial charge in [0.1, 0.15) is 16.4 Å². The number of aliphatic hydroxyl groups is 1. The van der Waals surface area contributed by atoms with Gasteiger partial charge < -0.3 is 20.3 Å². The van der Waals surface area contributed by atoms with E-state index in [-0.39, 0.29) is 46.1 Å². The first kappa shape index (κ1) is 26.5. The third-order valence-electron chi connectivity index (χ3n) is 7.50. The van der Waals surface area contributed by atoms with Crippen molar-refractivity contribution >= 4 is 39.0 Å². The minimum atomic E-state index is -3.38. The zero-order valence-electron chi connectivity index (χ0n) is 20.9. The third kappa shape index (κ3) is 5.38. The standard InChI is InChI=1S/C25H28ClFN6O4S/c1-33-13-31-21(22(33)23(34)32-17-3-4-20(27)19(26)7-17)14-5-15-8-25(35,9-16(15)6-14)12-30-24-28-10-18(11-29-24)38(2,36)37/h3-4,7,10-11,13-16,35H,5-6,8-9,12H2,1-2H3,(H,32,34)(H,28,29,30). The molecular weight excluding hydrogens is 535 g/mol. The molecule has 13 heteroatoms. The van der Waals surface area contributed by atoms with Crippen LogP contribution in [-0.2, 0) is 16.9 Å². The number of aryl methyl sites for hydroxylation is 1. The van der Waals surface area contributed by atoms with Gasteiger partial charge in [0.25, 0.3) is 5.91 Å². The smallest absolute Gasteiger partial charge is 0.274 e. The Hall–Kier alpha value is -3.09. The number of nitrogens with zero attached hydrogens (tertiary/aromatic N) is 4. The maximum Gasteiger partial charge on any atom is 0.274 e. The van der Waals surface area contributed by atoms with Crippen molar-refractivity contribution in [3.8, 4) is 0 Å². The van der Waals surface area contributed by atoms with Gasteiger partial charge in [-0.25, -0.2) is 27.8 Å². The molecule has 0 saturated heterocycles. The highest BCUT2D eigenvalue weighted by atomic mass is 35.5. The van der Waals surface area contributed by atoms with Crippen molar-refractivity contribution in [1.29, 1.82) is 0 Å². The van der Waals surface area contributed by atoms with Gasteiger partial charge in [-0.3, -0.25) is 4.79 Å². The van der Waals surface area contributed by atoms with Crippen molar-refractivity contribution < 1.29 is 22.7 Å². The molecule has 1 amide bonds. The lowest BCUT2D eigenvalue weighted by Crippen LogP contribution is -2.35. The molecule has 3 N–H and O–H groups in total. The van der Waals surface area contributed by atoms with Crippen LogP contribution in [0.15, 0.2) is 41.8 Å². The molecule has 0 radical (unpaired) electrons. The number of hydrogen-bond donors (Lipinski definition) is 3. The van der Waals surface area contributed by atoms with Gasteiger partial charge in [0, 0.05) is 31.5 Å². The molecule has 10 nitrogen and oxygen atoms in total. The summed E-state index contributed by atoms with van der Waals surface area (Å²) in [6, 6.07) is 4.02. The molecule has 2 fully saturated rings. The fourth-order valence-electron chi connectivity index (χ4n) is 5.77. The number of amides is 1. The predicted octanol–water partition coefficient (Wildman–Crippen LogP) is 3.41. The van der Waals surface area contributed by atoms with Crippen LogP contribution in [0.2, 0.25) is 5.02 Å². The Balaban J connectivity index is 1.21. The van der Waals surface area contributed by atoms with Crippen LogP contribution in [0.3, 0.4) is 0 Å². The highest BCUT2D eigenvalue weighted by molar-refractivity contribution is 7.90. The number of imidazole rings is 1. The molecule has 2 aliphatic carbocycles. The van der Waals surface area contributed by atoms with E-state index in [0.717, 1.165) is 19.1 Å². The molecule has 2 aliphatic rings. The van der Waals surface area contributed by atoms with Crippen LogP contribution in [0.1, 0.15) is 47.8 Å². The Labute approximate surface area is 224 Å². The van der Waals surface area contributed by atoms with Crippen molar-refractivity contribution in [2.24, 2.45) is 18.9 Å². The first-order valence-corrected chi connectivity index (χ1v) is 14.4. The average Bonchev–Trinajstić information content (AvgIpc) is 3.51. The summed E-state index contributed by atoms with van der Waals surface area (Å²) < 4.78 is 38.3. The number of carbonyl (C=O) groups is 1. The summed E-state index contributed by atoms with van der Waals surface area (Å²) in [7, 11) is -1.62. The highest BCUT2D eigenvalue weighted by Gasteiger charge is 2.49. The topological polar surface area (TPSA) is 139 Å². The van der Waals surface area contributed by atoms with Crippen LogP contribution >= 0.6 is 11.6 Å². The fraction of sp³-hybridized carbons (Fsp3) is 0.440. The van der Waals surface area contributed by atoms with E-state index in [1.807, 2.05) is 0 Å². The van der Waals surface area contributed by atoms with E-state index >= 15 is 0 Å². The van der Waals surface area contributed by atoms with E-state index in [2.05, 4.69) is 25.6 Å². The SMILES string of the molecule is Cn1cnc(C2CC3CC(O)(CNc4ncc(S(C)(=O)=O)cn4)CC3C2)c1C(=O)Nc1ccc(F)c(Cl)c1. The molecule has 2 saturated carbocycles. The molecule has 38 heavy (non-hydrogen) atoms. The summed E-state index contributed by atoms with van der Waals surface area (Å²) in [6.07, 6.45) is 7.97. The third-order valence-corrected chi connectivity index (χ3v) is 8.86. The van der Waals surface area contributed by atoms with Crippen molar-refractivity contribution in [3.63, 3.8) is 0 Å². The molecule has 202 valence electrons. The molecule has 0 aliphatic heterocycles. The van der Waals surface area contributed by atoms with Crippen LogP contribution in [0.25, 0.3) is 0 Å². The molecule has 2 heterocycles. The largest absolute Gasteiger partial charge is 0.388 e. The number of benzene rings is 1. The van der Waals surface area contributed by atoms with Gasteiger partial charge in [-0.1, -0.05) is 11.6 Å². The second kappa shape index (κ2) is 9.90. The first-order valence-electron chi connectivity index (χ1n) is 12.2. The molecule has 5 rings (SSSR count). The van der Waals surface area contributed by atoms with Crippen molar-refractivity contribution in [2.45, 2.75) is 42.1 Å². The van der Waals surface area contributed by atoms with E-state index in [4.69, 9.17) is 11.6 Å². The van der Waals surface area contributed by atoms with Gasteiger partial charge in [0.2, 0.25) is 5.95 Å². The van der Waals surface area contributed by atoms with Gasteiger partial charge in [-0.05, 0) is 55.7 Å². The summed E-state index contributed by atoms with van der Waals surface area (Å²) in [6.45, 7) is 0.250. The van der Waals surface area contributed by atoms with Gasteiger partial charge in [0.15, 0.2) is 9.84 Å². The van der Waals surface area contributed by atoms with E-state index < -0.39 is 21.3 Å². The minimum Gasteiger partial charge on any atom is -0.388 e. The fourth-order valence-corrected chi connectivity index (χ4v) is 6.44. The van der Waals surface area contributed by atoms with Gasteiger partial charge in [-0.2, -0.15) is 0 Å². The molecule has 0 bridgehead atoms. The van der Waals surface area contributed by atoms with Crippen molar-refractivity contribution in [3.05, 3.63) is 59.1 Å². The summed E-state index contributed by atoms with van der Waals surface area (Å²) in [4.78, 5) is 25.8. The quantitative estimate of drug-likeness (QED) is 0.398. The van der Waals surface area contributed by atoms with Crippen molar-refractivity contribution in [1.82, 2.24) is 19.5 Å². The van der Waals surface area contributed by atoms with Crippen LogP contribution in [0, 0.1) is 17.7 Å². The zero-order valence-corrected chi connectivity index (χ0v) is 22.4. The predicted molar refractivity (Wildman–Crippen MR) is 139 cm³/mol. The lowest BCUT2D eigenvalue weighted by molar-refractivity contribution is 0.0513. The lowest BCUT2D eigenvalue weighted by atomic mass is 9.92. The lowest BCUT2D eigenvalue weighted by Gasteiger charge is -2.25. The number of carbonyl (C=O) groups excluding carboxylic acids is 1. The Morgan fingerprint density at radius 3 is 2.47 bits per heavy atom. The Morgan fingerprint density at radius 2 is 1.87 bits per heavy atom. The molecule has 2 aromatic heterocycles. The maximum absolute atomic E-state index is 13.5.